The van der Waals surface area contributed by atoms with Gasteiger partial charge in [0.15, 0.2) is 5.58 Å². The molecule has 2 heteroatoms. The third-order valence-corrected chi connectivity index (χ3v) is 13.9. The minimum atomic E-state index is -0.380. The second kappa shape index (κ2) is 12.1. The Hall–Kier alpha value is -7.42. The molecule has 0 saturated carbocycles. The van der Waals surface area contributed by atoms with Crippen molar-refractivity contribution in [2.75, 3.05) is 4.90 Å². The smallest absolute Gasteiger partial charge is 0.159 e. The Morgan fingerprint density at radius 2 is 0.933 bits per heavy atom. The molecule has 0 atom stereocenters. The Morgan fingerprint density at radius 1 is 0.383 bits per heavy atom. The van der Waals surface area contributed by atoms with Gasteiger partial charge >= 0.3 is 0 Å². The van der Waals surface area contributed by atoms with Gasteiger partial charge < -0.3 is 9.32 Å². The zero-order valence-corrected chi connectivity index (χ0v) is 33.4. The summed E-state index contributed by atoms with van der Waals surface area (Å²) in [5.74, 6) is 0. The lowest BCUT2D eigenvalue weighted by molar-refractivity contribution is 0.659. The van der Waals surface area contributed by atoms with Crippen LogP contribution in [-0.4, -0.2) is 0 Å². The zero-order valence-electron chi connectivity index (χ0n) is 33.4. The van der Waals surface area contributed by atoms with Crippen molar-refractivity contribution in [3.05, 3.63) is 234 Å². The minimum Gasteiger partial charge on any atom is -0.454 e. The summed E-state index contributed by atoms with van der Waals surface area (Å²) in [6.45, 7) is 4.81. The summed E-state index contributed by atoms with van der Waals surface area (Å²) in [5, 5.41) is 2.24. The van der Waals surface area contributed by atoms with Gasteiger partial charge in [0.2, 0.25) is 0 Å². The zero-order chi connectivity index (χ0) is 39.7. The molecule has 0 amide bonds. The summed E-state index contributed by atoms with van der Waals surface area (Å²) in [5.41, 5.74) is 23.0. The van der Waals surface area contributed by atoms with Crippen LogP contribution >= 0.6 is 0 Å². The fourth-order valence-electron chi connectivity index (χ4n) is 11.3. The monoisotopic (exact) mass is 765 g/mol. The van der Waals surface area contributed by atoms with Gasteiger partial charge in [-0.15, -0.1) is 0 Å². The van der Waals surface area contributed by atoms with Gasteiger partial charge in [-0.2, -0.15) is 0 Å². The van der Waals surface area contributed by atoms with Crippen molar-refractivity contribution in [3.63, 3.8) is 0 Å². The van der Waals surface area contributed by atoms with Crippen LogP contribution < -0.4 is 4.90 Å². The van der Waals surface area contributed by atoms with Gasteiger partial charge in [0.05, 0.1) is 11.1 Å². The van der Waals surface area contributed by atoms with E-state index in [1.54, 1.807) is 0 Å². The van der Waals surface area contributed by atoms with Crippen LogP contribution in [0.15, 0.2) is 205 Å². The van der Waals surface area contributed by atoms with Gasteiger partial charge in [0.25, 0.3) is 0 Å². The van der Waals surface area contributed by atoms with E-state index in [1.807, 2.05) is 6.07 Å². The highest BCUT2D eigenvalue weighted by Crippen LogP contribution is 2.66. The van der Waals surface area contributed by atoms with Crippen LogP contribution in [0.1, 0.15) is 47.2 Å². The summed E-state index contributed by atoms with van der Waals surface area (Å²) in [6.07, 6.45) is 0. The number of nitrogens with zero attached hydrogens (tertiary/aromatic N) is 1. The third kappa shape index (κ3) is 4.27. The first-order valence-electron chi connectivity index (χ1n) is 21.0. The van der Waals surface area contributed by atoms with Crippen molar-refractivity contribution in [3.8, 4) is 44.5 Å². The van der Waals surface area contributed by atoms with Crippen molar-refractivity contribution in [2.24, 2.45) is 0 Å². The van der Waals surface area contributed by atoms with E-state index in [2.05, 4.69) is 213 Å². The molecule has 0 fully saturated rings. The molecule has 60 heavy (non-hydrogen) atoms. The quantitative estimate of drug-likeness (QED) is 0.177. The lowest BCUT2D eigenvalue weighted by Gasteiger charge is -2.31. The van der Waals surface area contributed by atoms with Crippen LogP contribution in [-0.2, 0) is 10.8 Å². The second-order valence-corrected chi connectivity index (χ2v) is 17.2. The predicted octanol–water partition coefficient (Wildman–Crippen LogP) is 15.4. The fraction of sp³-hybridized carbons (Fsp3) is 0.0690. The SMILES string of the molecule is CC1(C)c2cc(N(c3ccc(-c4ccccc4)cc3)c3cccc4c3oc3ccccc34)ccc2-c2c1ccc1c2-c2ccccc2C12c1ccccc1-c1ccccc12. The molecule has 13 rings (SSSR count). The van der Waals surface area contributed by atoms with Crippen LogP contribution in [0, 0.1) is 0 Å². The Balaban J connectivity index is 1.04. The number of fused-ring (bicyclic) bond motifs is 17. The largest absolute Gasteiger partial charge is 0.454 e. The fourth-order valence-corrected chi connectivity index (χ4v) is 11.3. The predicted molar refractivity (Wildman–Crippen MR) is 248 cm³/mol. The van der Waals surface area contributed by atoms with E-state index < -0.39 is 0 Å². The summed E-state index contributed by atoms with van der Waals surface area (Å²) >= 11 is 0. The molecule has 0 aliphatic heterocycles. The molecule has 3 aliphatic carbocycles. The second-order valence-electron chi connectivity index (χ2n) is 17.2. The molecule has 9 aromatic carbocycles. The molecule has 3 aliphatic rings. The molecule has 10 aromatic rings. The third-order valence-electron chi connectivity index (χ3n) is 13.9. The van der Waals surface area contributed by atoms with E-state index in [0.717, 1.165) is 39.0 Å². The number of hydrogen-bond acceptors (Lipinski definition) is 2. The Kier molecular flexibility index (Phi) is 6.74. The van der Waals surface area contributed by atoms with Crippen LogP contribution in [0.3, 0.4) is 0 Å². The van der Waals surface area contributed by atoms with Gasteiger partial charge in [0, 0.05) is 27.6 Å². The van der Waals surface area contributed by atoms with Crippen molar-refractivity contribution in [2.45, 2.75) is 24.7 Å². The maximum Gasteiger partial charge on any atom is 0.159 e. The van der Waals surface area contributed by atoms with E-state index in [1.165, 1.54) is 77.9 Å². The molecular formula is C58H39NO. The Morgan fingerprint density at radius 3 is 1.68 bits per heavy atom. The van der Waals surface area contributed by atoms with E-state index in [9.17, 15) is 0 Å². The number of benzene rings is 9. The highest BCUT2D eigenvalue weighted by atomic mass is 16.3. The minimum absolute atomic E-state index is 0.250. The molecule has 0 radical (unpaired) electrons. The molecule has 1 heterocycles. The molecule has 0 bridgehead atoms. The van der Waals surface area contributed by atoms with E-state index >= 15 is 0 Å². The summed E-state index contributed by atoms with van der Waals surface area (Å²) in [6, 6.07) is 73.9. The number of rotatable bonds is 4. The van der Waals surface area contributed by atoms with Gasteiger partial charge in [-0.05, 0) is 114 Å². The van der Waals surface area contributed by atoms with Gasteiger partial charge in [-0.25, -0.2) is 0 Å². The van der Waals surface area contributed by atoms with Gasteiger partial charge in [-0.1, -0.05) is 178 Å². The number of furan rings is 1. The van der Waals surface area contributed by atoms with Crippen molar-refractivity contribution in [1.82, 2.24) is 0 Å². The Bertz CT molecular complexity index is 3360. The standard InChI is InChI=1S/C58H39NO/c1-57(2)49-33-34-50-55(44-20-8-12-24-48(44)58(50)46-22-10-6-17-40(46)41-18-7-11-23-47(41)58)54(49)45-32-31-39(35-51(45)57)59(38-29-27-37(28-30-38)36-15-4-3-5-16-36)52-25-14-21-43-42-19-9-13-26-53(42)60-56(43)52/h3-35H,1-2H3. The first-order valence-corrected chi connectivity index (χ1v) is 21.0. The number of hydrogen-bond donors (Lipinski definition) is 0. The lowest BCUT2D eigenvalue weighted by Crippen LogP contribution is -2.26. The van der Waals surface area contributed by atoms with Crippen LogP contribution in [0.5, 0.6) is 0 Å². The normalized spacial score (nSPS) is 14.4. The first kappa shape index (κ1) is 33.5. The maximum absolute atomic E-state index is 6.72. The van der Waals surface area contributed by atoms with Crippen LogP contribution in [0.4, 0.5) is 17.1 Å². The van der Waals surface area contributed by atoms with Gasteiger partial charge in [-0.3, -0.25) is 0 Å². The van der Waals surface area contributed by atoms with Crippen molar-refractivity contribution in [1.29, 1.82) is 0 Å². The number of para-hydroxylation sites is 2. The summed E-state index contributed by atoms with van der Waals surface area (Å²) < 4.78 is 6.72. The van der Waals surface area contributed by atoms with Crippen LogP contribution in [0.25, 0.3) is 66.4 Å². The average molecular weight is 766 g/mol. The molecule has 2 nitrogen and oxygen atoms in total. The average Bonchev–Trinajstić information content (AvgIpc) is 4.00. The van der Waals surface area contributed by atoms with E-state index in [0.29, 0.717) is 0 Å². The van der Waals surface area contributed by atoms with E-state index in [-0.39, 0.29) is 10.8 Å². The highest BCUT2D eigenvalue weighted by molar-refractivity contribution is 6.10. The lowest BCUT2D eigenvalue weighted by atomic mass is 9.70. The van der Waals surface area contributed by atoms with Crippen molar-refractivity contribution < 1.29 is 4.42 Å². The summed E-state index contributed by atoms with van der Waals surface area (Å²) in [4.78, 5) is 2.39. The molecule has 282 valence electrons. The van der Waals surface area contributed by atoms with E-state index in [4.69, 9.17) is 4.42 Å². The molecule has 1 spiro atoms. The van der Waals surface area contributed by atoms with Gasteiger partial charge in [0.1, 0.15) is 5.58 Å². The molecule has 0 saturated heterocycles. The summed E-state index contributed by atoms with van der Waals surface area (Å²) in [7, 11) is 0. The molecule has 0 N–H and O–H groups in total. The topological polar surface area (TPSA) is 16.4 Å². The number of anilines is 3. The highest BCUT2D eigenvalue weighted by Gasteiger charge is 2.53. The van der Waals surface area contributed by atoms with Crippen molar-refractivity contribution >= 4 is 39.0 Å². The molecule has 1 aromatic heterocycles. The Labute approximate surface area is 349 Å². The maximum atomic E-state index is 6.72. The molecule has 0 unspecified atom stereocenters. The molecular weight excluding hydrogens is 727 g/mol. The van der Waals surface area contributed by atoms with Crippen LogP contribution in [0.2, 0.25) is 0 Å². The first-order chi connectivity index (χ1) is 29.5.